The fourth-order valence-electron chi connectivity index (χ4n) is 4.49. The standard InChI is InChI=1S/C20H24FNO3/c21-15-6-7-18-16(12-15)17(23)13-20(25-18)8-10-22(11-9-20)19(24)14-4-2-1-3-5-14/h6-7,12,14H,1-5,8-11,13H2. The number of Topliss-reactive ketones (excluding diaryl/α,β-unsaturated/α-hetero) is 1. The van der Waals surface area contributed by atoms with Crippen LogP contribution in [-0.2, 0) is 4.79 Å². The minimum Gasteiger partial charge on any atom is -0.486 e. The van der Waals surface area contributed by atoms with E-state index in [-0.39, 0.29) is 24.0 Å². The fraction of sp³-hybridized carbons (Fsp3) is 0.600. The highest BCUT2D eigenvalue weighted by molar-refractivity contribution is 6.00. The Morgan fingerprint density at radius 1 is 1.16 bits per heavy atom. The van der Waals surface area contributed by atoms with Gasteiger partial charge in [-0.3, -0.25) is 9.59 Å². The molecule has 4 rings (SSSR count). The zero-order valence-electron chi connectivity index (χ0n) is 14.4. The molecule has 1 aromatic rings. The highest BCUT2D eigenvalue weighted by Crippen LogP contribution is 2.40. The molecule has 5 heteroatoms. The van der Waals surface area contributed by atoms with Gasteiger partial charge < -0.3 is 9.64 Å². The van der Waals surface area contributed by atoms with E-state index in [1.54, 1.807) is 6.07 Å². The Bertz CT molecular complexity index is 688. The number of hydrogen-bond donors (Lipinski definition) is 0. The Labute approximate surface area is 147 Å². The zero-order chi connectivity index (χ0) is 17.4. The summed E-state index contributed by atoms with van der Waals surface area (Å²) in [6, 6.07) is 4.13. The lowest BCUT2D eigenvalue weighted by molar-refractivity contribution is -0.140. The Balaban J connectivity index is 1.44. The van der Waals surface area contributed by atoms with Crippen LogP contribution in [0.3, 0.4) is 0 Å². The third kappa shape index (κ3) is 3.16. The van der Waals surface area contributed by atoms with Gasteiger partial charge in [-0.15, -0.1) is 0 Å². The Morgan fingerprint density at radius 3 is 2.60 bits per heavy atom. The van der Waals surface area contributed by atoms with Crippen molar-refractivity contribution in [2.45, 2.75) is 57.0 Å². The molecule has 134 valence electrons. The van der Waals surface area contributed by atoms with Crippen LogP contribution in [0, 0.1) is 11.7 Å². The molecular formula is C20H24FNO3. The van der Waals surface area contributed by atoms with E-state index < -0.39 is 11.4 Å². The molecule has 1 saturated carbocycles. The average molecular weight is 345 g/mol. The molecule has 4 nitrogen and oxygen atoms in total. The fourth-order valence-corrected chi connectivity index (χ4v) is 4.49. The summed E-state index contributed by atoms with van der Waals surface area (Å²) >= 11 is 0. The largest absolute Gasteiger partial charge is 0.486 e. The van der Waals surface area contributed by atoms with Crippen molar-refractivity contribution in [1.82, 2.24) is 4.90 Å². The van der Waals surface area contributed by atoms with E-state index in [0.29, 0.717) is 37.2 Å². The number of likely N-dealkylation sites (tertiary alicyclic amines) is 1. The maximum absolute atomic E-state index is 13.4. The molecule has 0 aromatic heterocycles. The first-order valence-electron chi connectivity index (χ1n) is 9.37. The Morgan fingerprint density at radius 2 is 1.88 bits per heavy atom. The number of ketones is 1. The van der Waals surface area contributed by atoms with Crippen LogP contribution in [0.25, 0.3) is 0 Å². The molecule has 0 N–H and O–H groups in total. The quantitative estimate of drug-likeness (QED) is 0.779. The molecular weight excluding hydrogens is 321 g/mol. The van der Waals surface area contributed by atoms with Gasteiger partial charge in [-0.1, -0.05) is 19.3 Å². The van der Waals surface area contributed by atoms with Crippen LogP contribution in [-0.4, -0.2) is 35.3 Å². The van der Waals surface area contributed by atoms with Gasteiger partial charge in [-0.05, 0) is 31.0 Å². The van der Waals surface area contributed by atoms with Crippen LogP contribution in [0.1, 0.15) is 61.7 Å². The highest BCUT2D eigenvalue weighted by Gasteiger charge is 2.44. The first-order chi connectivity index (χ1) is 12.1. The minimum absolute atomic E-state index is 0.0622. The summed E-state index contributed by atoms with van der Waals surface area (Å²) in [5.41, 5.74) is -0.197. The number of ether oxygens (including phenoxy) is 1. The molecule has 1 amide bonds. The summed E-state index contributed by atoms with van der Waals surface area (Å²) in [5.74, 6) is 0.455. The number of piperidine rings is 1. The normalized spacial score (nSPS) is 23.2. The van der Waals surface area contributed by atoms with E-state index in [2.05, 4.69) is 0 Å². The number of rotatable bonds is 1. The van der Waals surface area contributed by atoms with Gasteiger partial charge in [0.15, 0.2) is 5.78 Å². The van der Waals surface area contributed by atoms with Crippen molar-refractivity contribution in [1.29, 1.82) is 0 Å². The van der Waals surface area contributed by atoms with E-state index in [4.69, 9.17) is 4.74 Å². The van der Waals surface area contributed by atoms with Gasteiger partial charge in [-0.25, -0.2) is 4.39 Å². The van der Waals surface area contributed by atoms with E-state index >= 15 is 0 Å². The van der Waals surface area contributed by atoms with E-state index in [1.165, 1.54) is 18.6 Å². The van der Waals surface area contributed by atoms with Crippen LogP contribution in [0.5, 0.6) is 5.75 Å². The molecule has 0 unspecified atom stereocenters. The van der Waals surface area contributed by atoms with Gasteiger partial charge in [0.25, 0.3) is 0 Å². The molecule has 2 heterocycles. The SMILES string of the molecule is O=C1CC2(CCN(C(=O)C3CCCCC3)CC2)Oc2ccc(F)cc21. The lowest BCUT2D eigenvalue weighted by Crippen LogP contribution is -2.53. The molecule has 0 bridgehead atoms. The third-order valence-corrected chi connectivity index (χ3v) is 5.99. The van der Waals surface area contributed by atoms with Gasteiger partial charge in [0.05, 0.1) is 12.0 Å². The van der Waals surface area contributed by atoms with Crippen molar-refractivity contribution in [3.05, 3.63) is 29.6 Å². The first-order valence-corrected chi connectivity index (χ1v) is 9.37. The number of carbonyl (C=O) groups excluding carboxylic acids is 2. The van der Waals surface area contributed by atoms with Crippen LogP contribution in [0.4, 0.5) is 4.39 Å². The number of benzene rings is 1. The zero-order valence-corrected chi connectivity index (χ0v) is 14.4. The average Bonchev–Trinajstić information content (AvgIpc) is 2.63. The summed E-state index contributed by atoms with van der Waals surface area (Å²) in [6.07, 6.45) is 7.15. The number of nitrogens with zero attached hydrogens (tertiary/aromatic N) is 1. The van der Waals surface area contributed by atoms with Gasteiger partial charge >= 0.3 is 0 Å². The minimum atomic E-state index is -0.536. The summed E-state index contributed by atoms with van der Waals surface area (Å²) in [4.78, 5) is 27.1. The smallest absolute Gasteiger partial charge is 0.225 e. The molecule has 1 saturated heterocycles. The van der Waals surface area contributed by atoms with Gasteiger partial charge in [0.2, 0.25) is 5.91 Å². The molecule has 0 atom stereocenters. The number of carbonyl (C=O) groups is 2. The van der Waals surface area contributed by atoms with Crippen molar-refractivity contribution in [3.8, 4) is 5.75 Å². The molecule has 0 radical (unpaired) electrons. The summed E-state index contributed by atoms with van der Waals surface area (Å²) in [6.45, 7) is 1.28. The Hall–Kier alpha value is -1.91. The van der Waals surface area contributed by atoms with Crippen LogP contribution >= 0.6 is 0 Å². The topological polar surface area (TPSA) is 46.6 Å². The van der Waals surface area contributed by atoms with E-state index in [0.717, 1.165) is 25.7 Å². The summed E-state index contributed by atoms with van der Waals surface area (Å²) < 4.78 is 19.5. The summed E-state index contributed by atoms with van der Waals surface area (Å²) in [5, 5.41) is 0. The molecule has 2 aliphatic heterocycles. The Kier molecular flexibility index (Phi) is 4.26. The second kappa shape index (κ2) is 6.43. The van der Waals surface area contributed by atoms with Crippen molar-refractivity contribution in [2.75, 3.05) is 13.1 Å². The van der Waals surface area contributed by atoms with Crippen LogP contribution < -0.4 is 4.74 Å². The molecule has 2 fully saturated rings. The molecule has 3 aliphatic rings. The van der Waals surface area contributed by atoms with Crippen molar-refractivity contribution in [3.63, 3.8) is 0 Å². The maximum Gasteiger partial charge on any atom is 0.225 e. The number of fused-ring (bicyclic) bond motifs is 1. The maximum atomic E-state index is 13.4. The molecule has 1 spiro atoms. The number of hydrogen-bond acceptors (Lipinski definition) is 3. The second-order valence-corrected chi connectivity index (χ2v) is 7.69. The van der Waals surface area contributed by atoms with Gasteiger partial charge in [0, 0.05) is 31.8 Å². The van der Waals surface area contributed by atoms with Gasteiger partial charge in [-0.2, -0.15) is 0 Å². The third-order valence-electron chi connectivity index (χ3n) is 5.99. The van der Waals surface area contributed by atoms with Crippen LogP contribution in [0.15, 0.2) is 18.2 Å². The lowest BCUT2D eigenvalue weighted by atomic mass is 9.81. The predicted molar refractivity (Wildman–Crippen MR) is 91.1 cm³/mol. The van der Waals surface area contributed by atoms with Gasteiger partial charge in [0.1, 0.15) is 17.2 Å². The molecule has 25 heavy (non-hydrogen) atoms. The highest BCUT2D eigenvalue weighted by atomic mass is 19.1. The van der Waals surface area contributed by atoms with Crippen molar-refractivity contribution in [2.24, 2.45) is 5.92 Å². The molecule has 1 aliphatic carbocycles. The van der Waals surface area contributed by atoms with Crippen molar-refractivity contribution >= 4 is 11.7 Å². The number of amides is 1. The van der Waals surface area contributed by atoms with Crippen LogP contribution in [0.2, 0.25) is 0 Å². The van der Waals surface area contributed by atoms with E-state index in [9.17, 15) is 14.0 Å². The molecule has 1 aromatic carbocycles. The first kappa shape index (κ1) is 16.6. The lowest BCUT2D eigenvalue weighted by Gasteiger charge is -2.44. The summed E-state index contributed by atoms with van der Waals surface area (Å²) in [7, 11) is 0. The van der Waals surface area contributed by atoms with E-state index in [1.807, 2.05) is 4.90 Å². The monoisotopic (exact) mass is 345 g/mol. The second-order valence-electron chi connectivity index (χ2n) is 7.69. The number of halogens is 1. The van der Waals surface area contributed by atoms with Crippen molar-refractivity contribution < 1.29 is 18.7 Å². The predicted octanol–water partition coefficient (Wildman–Crippen LogP) is 3.73.